The van der Waals surface area contributed by atoms with E-state index in [1.165, 1.54) is 6.92 Å². The Morgan fingerprint density at radius 3 is 2.79 bits per heavy atom. The molecule has 0 saturated heterocycles. The molecule has 1 heterocycles. The molecule has 1 aromatic carbocycles. The number of nitrogens with zero attached hydrogens (tertiary/aromatic N) is 1. The zero-order valence-corrected chi connectivity index (χ0v) is 8.20. The van der Waals surface area contributed by atoms with E-state index in [9.17, 15) is 9.59 Å². The lowest BCUT2D eigenvalue weighted by Crippen LogP contribution is -2.20. The number of ketones is 1. The average Bonchev–Trinajstić information content (AvgIpc) is 2.43. The summed E-state index contributed by atoms with van der Waals surface area (Å²) in [6.45, 7) is 1.53. The highest BCUT2D eigenvalue weighted by molar-refractivity contribution is 6.03. The van der Waals surface area contributed by atoms with Crippen LogP contribution in [-0.4, -0.2) is 18.7 Å². The van der Waals surface area contributed by atoms with E-state index in [4.69, 9.17) is 0 Å². The molecule has 0 unspecified atom stereocenters. The topological polar surface area (TPSA) is 37.4 Å². The number of rotatable bonds is 1. The smallest absolute Gasteiger partial charge is 0.231 e. The number of hydrogen-bond donors (Lipinski definition) is 0. The van der Waals surface area contributed by atoms with Gasteiger partial charge in [0.15, 0.2) is 5.78 Å². The van der Waals surface area contributed by atoms with Crippen LogP contribution >= 0.6 is 0 Å². The maximum Gasteiger partial charge on any atom is 0.231 e. The molecular weight excluding hydrogens is 178 g/mol. The van der Waals surface area contributed by atoms with Crippen LogP contribution in [0.25, 0.3) is 0 Å². The van der Waals surface area contributed by atoms with Gasteiger partial charge in [-0.15, -0.1) is 0 Å². The molecule has 0 fully saturated rings. The van der Waals surface area contributed by atoms with Gasteiger partial charge in [-0.05, 0) is 18.6 Å². The number of Topliss-reactive ketones (excluding diaryl/α,β-unsaturated/α-hetero) is 1. The highest BCUT2D eigenvalue weighted by Crippen LogP contribution is 2.28. The molecule has 1 aliphatic heterocycles. The average molecular weight is 189 g/mol. The van der Waals surface area contributed by atoms with Crippen molar-refractivity contribution in [2.75, 3.05) is 11.9 Å². The quantitative estimate of drug-likeness (QED) is 0.626. The minimum absolute atomic E-state index is 0.0283. The van der Waals surface area contributed by atoms with Crippen LogP contribution in [0, 0.1) is 0 Å². The van der Waals surface area contributed by atoms with E-state index in [1.807, 2.05) is 6.07 Å². The Morgan fingerprint density at radius 2 is 2.14 bits per heavy atom. The summed E-state index contributed by atoms with van der Waals surface area (Å²) in [5.74, 6) is 0.112. The van der Waals surface area contributed by atoms with Gasteiger partial charge in [-0.25, -0.2) is 0 Å². The van der Waals surface area contributed by atoms with Crippen molar-refractivity contribution in [3.05, 3.63) is 29.3 Å². The highest BCUT2D eigenvalue weighted by Gasteiger charge is 2.24. The predicted octanol–water partition coefficient (Wildman–Crippen LogP) is 1.41. The van der Waals surface area contributed by atoms with E-state index >= 15 is 0 Å². The summed E-state index contributed by atoms with van der Waals surface area (Å²) >= 11 is 0. The van der Waals surface area contributed by atoms with Crippen LogP contribution in [0.15, 0.2) is 18.2 Å². The van der Waals surface area contributed by atoms with E-state index in [0.717, 1.165) is 11.3 Å². The summed E-state index contributed by atoms with van der Waals surface area (Å²) < 4.78 is 0. The molecule has 3 heteroatoms. The van der Waals surface area contributed by atoms with Crippen molar-refractivity contribution in [1.29, 1.82) is 0 Å². The second-order valence-corrected chi connectivity index (χ2v) is 3.53. The van der Waals surface area contributed by atoms with Crippen LogP contribution in [-0.2, 0) is 11.2 Å². The molecule has 1 aromatic rings. The number of hydrogen-bond acceptors (Lipinski definition) is 2. The first-order chi connectivity index (χ1) is 6.59. The second-order valence-electron chi connectivity index (χ2n) is 3.53. The van der Waals surface area contributed by atoms with Gasteiger partial charge in [0, 0.05) is 18.3 Å². The SMILES string of the molecule is CC(=O)c1ccc2c(c1)N(C)C(=O)C2. The molecule has 2 rings (SSSR count). The fourth-order valence-electron chi connectivity index (χ4n) is 1.66. The van der Waals surface area contributed by atoms with Gasteiger partial charge in [-0.3, -0.25) is 9.59 Å². The molecule has 0 radical (unpaired) electrons. The van der Waals surface area contributed by atoms with E-state index in [0.29, 0.717) is 12.0 Å². The Kier molecular flexibility index (Phi) is 1.88. The molecule has 14 heavy (non-hydrogen) atoms. The predicted molar refractivity (Wildman–Crippen MR) is 53.6 cm³/mol. The molecule has 72 valence electrons. The first kappa shape index (κ1) is 8.94. The largest absolute Gasteiger partial charge is 0.315 e. The third kappa shape index (κ3) is 1.21. The van der Waals surface area contributed by atoms with Crippen molar-refractivity contribution in [2.45, 2.75) is 13.3 Å². The lowest BCUT2D eigenvalue weighted by molar-refractivity contribution is -0.117. The Morgan fingerprint density at radius 1 is 1.43 bits per heavy atom. The van der Waals surface area contributed by atoms with Gasteiger partial charge in [0.25, 0.3) is 0 Å². The van der Waals surface area contributed by atoms with Crippen molar-refractivity contribution >= 4 is 17.4 Å². The van der Waals surface area contributed by atoms with Gasteiger partial charge >= 0.3 is 0 Å². The van der Waals surface area contributed by atoms with E-state index < -0.39 is 0 Å². The van der Waals surface area contributed by atoms with Gasteiger partial charge in [0.1, 0.15) is 0 Å². The van der Waals surface area contributed by atoms with Crippen LogP contribution in [0.2, 0.25) is 0 Å². The fraction of sp³-hybridized carbons (Fsp3) is 0.273. The normalized spacial score (nSPS) is 14.4. The summed E-state index contributed by atoms with van der Waals surface area (Å²) in [5.41, 5.74) is 2.52. The van der Waals surface area contributed by atoms with Crippen LogP contribution in [0.4, 0.5) is 5.69 Å². The van der Waals surface area contributed by atoms with Gasteiger partial charge in [-0.1, -0.05) is 12.1 Å². The molecule has 0 N–H and O–H groups in total. The van der Waals surface area contributed by atoms with Crippen LogP contribution in [0.1, 0.15) is 22.8 Å². The van der Waals surface area contributed by atoms with Gasteiger partial charge < -0.3 is 4.90 Å². The molecule has 0 saturated carbocycles. The minimum Gasteiger partial charge on any atom is -0.315 e. The van der Waals surface area contributed by atoms with Crippen LogP contribution < -0.4 is 4.90 Å². The Labute approximate surface area is 82.3 Å². The number of fused-ring (bicyclic) bond motifs is 1. The van der Waals surface area contributed by atoms with Crippen molar-refractivity contribution < 1.29 is 9.59 Å². The molecule has 1 amide bonds. The first-order valence-corrected chi connectivity index (χ1v) is 4.50. The third-order valence-corrected chi connectivity index (χ3v) is 2.57. The first-order valence-electron chi connectivity index (χ1n) is 4.50. The Bertz CT molecular complexity index is 423. The molecule has 0 atom stereocenters. The Hall–Kier alpha value is -1.64. The summed E-state index contributed by atoms with van der Waals surface area (Å²) in [6.07, 6.45) is 0.448. The number of amides is 1. The standard InChI is InChI=1S/C11H11NO2/c1-7(13)8-3-4-9-6-11(14)12(2)10(9)5-8/h3-5H,6H2,1-2H3. The summed E-state index contributed by atoms with van der Waals surface area (Å²) in [6, 6.07) is 5.41. The lowest BCUT2D eigenvalue weighted by Gasteiger charge is -2.10. The van der Waals surface area contributed by atoms with Crippen molar-refractivity contribution in [2.24, 2.45) is 0 Å². The summed E-state index contributed by atoms with van der Waals surface area (Å²) in [5, 5.41) is 0. The summed E-state index contributed by atoms with van der Waals surface area (Å²) in [7, 11) is 1.73. The molecule has 0 bridgehead atoms. The lowest BCUT2D eigenvalue weighted by atomic mass is 10.1. The number of benzene rings is 1. The highest BCUT2D eigenvalue weighted by atomic mass is 16.2. The summed E-state index contributed by atoms with van der Waals surface area (Å²) in [4.78, 5) is 24.1. The third-order valence-electron chi connectivity index (χ3n) is 2.57. The van der Waals surface area contributed by atoms with Gasteiger partial charge in [0.05, 0.1) is 6.42 Å². The monoisotopic (exact) mass is 189 g/mol. The number of carbonyl (C=O) groups excluding carboxylic acids is 2. The van der Waals surface area contributed by atoms with E-state index in [2.05, 4.69) is 0 Å². The van der Waals surface area contributed by atoms with Crippen molar-refractivity contribution in [3.8, 4) is 0 Å². The maximum absolute atomic E-state index is 11.4. The van der Waals surface area contributed by atoms with Gasteiger partial charge in [0.2, 0.25) is 5.91 Å². The number of anilines is 1. The molecular formula is C11H11NO2. The van der Waals surface area contributed by atoms with E-state index in [1.54, 1.807) is 24.1 Å². The molecule has 1 aliphatic rings. The molecule has 0 aliphatic carbocycles. The van der Waals surface area contributed by atoms with Crippen molar-refractivity contribution in [1.82, 2.24) is 0 Å². The maximum atomic E-state index is 11.4. The molecule has 3 nitrogen and oxygen atoms in total. The second kappa shape index (κ2) is 2.94. The fourth-order valence-corrected chi connectivity index (χ4v) is 1.66. The minimum atomic E-state index is 0.0283. The van der Waals surface area contributed by atoms with Crippen molar-refractivity contribution in [3.63, 3.8) is 0 Å². The molecule has 0 aromatic heterocycles. The number of carbonyl (C=O) groups is 2. The zero-order valence-electron chi connectivity index (χ0n) is 8.20. The zero-order chi connectivity index (χ0) is 10.3. The van der Waals surface area contributed by atoms with Crippen LogP contribution in [0.5, 0.6) is 0 Å². The number of likely N-dealkylation sites (N-methyl/N-ethyl adjacent to an activating group) is 1. The Balaban J connectivity index is 2.51. The van der Waals surface area contributed by atoms with E-state index in [-0.39, 0.29) is 11.7 Å². The molecule has 0 spiro atoms. The van der Waals surface area contributed by atoms with Gasteiger partial charge in [-0.2, -0.15) is 0 Å². The van der Waals surface area contributed by atoms with Crippen LogP contribution in [0.3, 0.4) is 0 Å².